The summed E-state index contributed by atoms with van der Waals surface area (Å²) in [4.78, 5) is 10.6. The Hall–Kier alpha value is -0.830. The molecule has 0 radical (unpaired) electrons. The lowest BCUT2D eigenvalue weighted by molar-refractivity contribution is -0.146. The summed E-state index contributed by atoms with van der Waals surface area (Å²) < 4.78 is 0. The molecule has 0 aromatic heterocycles. The van der Waals surface area contributed by atoms with Crippen LogP contribution in [0.1, 0.15) is 26.2 Å². The number of carbonyl (C=O) groups is 1. The molecule has 1 aliphatic carbocycles. The second-order valence-electron chi connectivity index (χ2n) is 3.66. The Balaban J connectivity index is 2.50. The highest BCUT2D eigenvalue weighted by Gasteiger charge is 2.28. The first-order valence-corrected chi connectivity index (χ1v) is 4.68. The van der Waals surface area contributed by atoms with Gasteiger partial charge >= 0.3 is 5.97 Å². The number of rotatable bonds is 3. The fourth-order valence-corrected chi connectivity index (χ4v) is 1.68. The molecule has 0 saturated carbocycles. The topological polar surface area (TPSA) is 57.5 Å². The number of aliphatic hydroxyl groups excluding tert-OH is 1. The van der Waals surface area contributed by atoms with E-state index in [-0.39, 0.29) is 5.92 Å². The van der Waals surface area contributed by atoms with Gasteiger partial charge in [0.05, 0.1) is 12.0 Å². The molecule has 3 atom stereocenters. The van der Waals surface area contributed by atoms with Crippen molar-refractivity contribution in [1.82, 2.24) is 0 Å². The Labute approximate surface area is 78.1 Å². The maximum atomic E-state index is 10.6. The molecular formula is C10H16O3. The van der Waals surface area contributed by atoms with E-state index in [1.54, 1.807) is 6.92 Å². The van der Waals surface area contributed by atoms with Crippen LogP contribution in [0.2, 0.25) is 0 Å². The van der Waals surface area contributed by atoms with Gasteiger partial charge in [0, 0.05) is 0 Å². The van der Waals surface area contributed by atoms with Gasteiger partial charge in [0.2, 0.25) is 0 Å². The zero-order chi connectivity index (χ0) is 9.84. The van der Waals surface area contributed by atoms with Crippen molar-refractivity contribution in [3.05, 3.63) is 12.2 Å². The van der Waals surface area contributed by atoms with Crippen LogP contribution in [0, 0.1) is 11.8 Å². The molecule has 1 aliphatic rings. The molecule has 0 amide bonds. The highest BCUT2D eigenvalue weighted by atomic mass is 16.4. The van der Waals surface area contributed by atoms with Gasteiger partial charge in [0.25, 0.3) is 0 Å². The van der Waals surface area contributed by atoms with E-state index in [9.17, 15) is 9.90 Å². The van der Waals surface area contributed by atoms with Crippen LogP contribution in [0.4, 0.5) is 0 Å². The van der Waals surface area contributed by atoms with E-state index in [0.717, 1.165) is 19.3 Å². The van der Waals surface area contributed by atoms with Crippen LogP contribution >= 0.6 is 0 Å². The molecule has 0 fully saturated rings. The lowest BCUT2D eigenvalue weighted by atomic mass is 9.84. The SMILES string of the molecule is CC(C(=O)O)C(O)C1CC=CCC1. The summed E-state index contributed by atoms with van der Waals surface area (Å²) in [6, 6.07) is 0. The lowest BCUT2D eigenvalue weighted by Gasteiger charge is -2.26. The molecule has 0 aromatic carbocycles. The number of carboxylic acid groups (broad SMARTS) is 1. The monoisotopic (exact) mass is 184 g/mol. The first-order chi connectivity index (χ1) is 6.13. The fraction of sp³-hybridized carbons (Fsp3) is 0.700. The summed E-state index contributed by atoms with van der Waals surface area (Å²) in [6.45, 7) is 1.56. The van der Waals surface area contributed by atoms with Crippen LogP contribution in [0.25, 0.3) is 0 Å². The maximum Gasteiger partial charge on any atom is 0.308 e. The third-order valence-electron chi connectivity index (χ3n) is 2.69. The highest BCUT2D eigenvalue weighted by molar-refractivity contribution is 5.70. The van der Waals surface area contributed by atoms with Gasteiger partial charge < -0.3 is 10.2 Å². The quantitative estimate of drug-likeness (QED) is 0.652. The Morgan fingerprint density at radius 3 is 2.69 bits per heavy atom. The number of hydrogen-bond acceptors (Lipinski definition) is 2. The third-order valence-corrected chi connectivity index (χ3v) is 2.69. The first-order valence-electron chi connectivity index (χ1n) is 4.68. The molecule has 3 heteroatoms. The number of aliphatic carboxylic acids is 1. The summed E-state index contributed by atoms with van der Waals surface area (Å²) in [5, 5.41) is 18.4. The van der Waals surface area contributed by atoms with Crippen LogP contribution in [-0.4, -0.2) is 22.3 Å². The normalized spacial score (nSPS) is 26.8. The summed E-state index contributed by atoms with van der Waals surface area (Å²) >= 11 is 0. The molecule has 3 unspecified atom stereocenters. The van der Waals surface area contributed by atoms with E-state index in [1.807, 2.05) is 6.08 Å². The van der Waals surface area contributed by atoms with Crippen LogP contribution in [-0.2, 0) is 4.79 Å². The minimum Gasteiger partial charge on any atom is -0.481 e. The zero-order valence-electron chi connectivity index (χ0n) is 7.81. The van der Waals surface area contributed by atoms with Gasteiger partial charge in [-0.05, 0) is 32.1 Å². The van der Waals surface area contributed by atoms with Crippen molar-refractivity contribution >= 4 is 5.97 Å². The van der Waals surface area contributed by atoms with Gasteiger partial charge in [-0.25, -0.2) is 0 Å². The first kappa shape index (κ1) is 10.3. The Kier molecular flexibility index (Phi) is 3.48. The smallest absolute Gasteiger partial charge is 0.308 e. The third kappa shape index (κ3) is 2.56. The molecular weight excluding hydrogens is 168 g/mol. The van der Waals surface area contributed by atoms with Crippen LogP contribution in [0.15, 0.2) is 12.2 Å². The number of aliphatic hydroxyl groups is 1. The average Bonchev–Trinajstić information content (AvgIpc) is 2.17. The summed E-state index contributed by atoms with van der Waals surface area (Å²) in [5.41, 5.74) is 0. The molecule has 0 heterocycles. The van der Waals surface area contributed by atoms with Gasteiger partial charge in [-0.2, -0.15) is 0 Å². The Bertz CT molecular complexity index is 210. The van der Waals surface area contributed by atoms with Crippen LogP contribution in [0.5, 0.6) is 0 Å². The van der Waals surface area contributed by atoms with Gasteiger partial charge in [0.15, 0.2) is 0 Å². The Morgan fingerprint density at radius 1 is 1.54 bits per heavy atom. The van der Waals surface area contributed by atoms with Gasteiger partial charge in [-0.1, -0.05) is 12.2 Å². The molecule has 0 saturated heterocycles. The second kappa shape index (κ2) is 4.42. The second-order valence-corrected chi connectivity index (χ2v) is 3.66. The molecule has 3 nitrogen and oxygen atoms in total. The standard InChI is InChI=1S/C10H16O3/c1-7(10(12)13)9(11)8-5-3-2-4-6-8/h2-3,7-9,11H,4-6H2,1H3,(H,12,13). The van der Waals surface area contributed by atoms with Crippen LogP contribution < -0.4 is 0 Å². The largest absolute Gasteiger partial charge is 0.481 e. The number of carboxylic acids is 1. The van der Waals surface area contributed by atoms with Crippen molar-refractivity contribution in [1.29, 1.82) is 0 Å². The van der Waals surface area contributed by atoms with Crippen molar-refractivity contribution in [3.8, 4) is 0 Å². The molecule has 1 rings (SSSR count). The summed E-state index contributed by atoms with van der Waals surface area (Å²) in [5.74, 6) is -1.45. The molecule has 0 aromatic rings. The van der Waals surface area contributed by atoms with Crippen molar-refractivity contribution in [2.24, 2.45) is 11.8 Å². The molecule has 0 bridgehead atoms. The molecule has 0 aliphatic heterocycles. The molecule has 2 N–H and O–H groups in total. The van der Waals surface area contributed by atoms with E-state index in [2.05, 4.69) is 6.08 Å². The van der Waals surface area contributed by atoms with E-state index in [4.69, 9.17) is 5.11 Å². The summed E-state index contributed by atoms with van der Waals surface area (Å²) in [7, 11) is 0. The lowest BCUT2D eigenvalue weighted by Crippen LogP contribution is -2.32. The van der Waals surface area contributed by atoms with Crippen molar-refractivity contribution in [2.75, 3.05) is 0 Å². The van der Waals surface area contributed by atoms with Gasteiger partial charge in [-0.15, -0.1) is 0 Å². The highest BCUT2D eigenvalue weighted by Crippen LogP contribution is 2.25. The minimum atomic E-state index is -0.915. The zero-order valence-corrected chi connectivity index (χ0v) is 7.81. The average molecular weight is 184 g/mol. The van der Waals surface area contributed by atoms with E-state index in [1.165, 1.54) is 0 Å². The molecule has 13 heavy (non-hydrogen) atoms. The van der Waals surface area contributed by atoms with Crippen LogP contribution in [0.3, 0.4) is 0 Å². The van der Waals surface area contributed by atoms with Crippen molar-refractivity contribution < 1.29 is 15.0 Å². The predicted octanol–water partition coefficient (Wildman–Crippen LogP) is 1.42. The maximum absolute atomic E-state index is 10.6. The fourth-order valence-electron chi connectivity index (χ4n) is 1.68. The van der Waals surface area contributed by atoms with Gasteiger partial charge in [-0.3, -0.25) is 4.79 Å². The minimum absolute atomic E-state index is 0.121. The van der Waals surface area contributed by atoms with E-state index >= 15 is 0 Å². The number of allylic oxidation sites excluding steroid dienone is 2. The summed E-state index contributed by atoms with van der Waals surface area (Å²) in [6.07, 6.45) is 6.05. The van der Waals surface area contributed by atoms with Crippen molar-refractivity contribution in [2.45, 2.75) is 32.3 Å². The van der Waals surface area contributed by atoms with E-state index < -0.39 is 18.0 Å². The molecule has 0 spiro atoms. The predicted molar refractivity (Wildman–Crippen MR) is 49.3 cm³/mol. The number of hydrogen-bond donors (Lipinski definition) is 2. The van der Waals surface area contributed by atoms with Crippen molar-refractivity contribution in [3.63, 3.8) is 0 Å². The Morgan fingerprint density at radius 2 is 2.23 bits per heavy atom. The van der Waals surface area contributed by atoms with E-state index in [0.29, 0.717) is 0 Å². The van der Waals surface area contributed by atoms with Gasteiger partial charge in [0.1, 0.15) is 0 Å². The molecule has 74 valence electrons.